The zero-order valence-corrected chi connectivity index (χ0v) is 9.26. The Morgan fingerprint density at radius 1 is 1.50 bits per heavy atom. The van der Waals surface area contributed by atoms with Crippen molar-refractivity contribution in [1.82, 2.24) is 0 Å². The van der Waals surface area contributed by atoms with Gasteiger partial charge in [-0.3, -0.25) is 0 Å². The van der Waals surface area contributed by atoms with Gasteiger partial charge in [-0.05, 0) is 31.0 Å². The third kappa shape index (κ3) is 2.21. The van der Waals surface area contributed by atoms with Crippen molar-refractivity contribution in [2.24, 2.45) is 0 Å². The van der Waals surface area contributed by atoms with Gasteiger partial charge < -0.3 is 5.11 Å². The molecule has 0 aliphatic rings. The SMILES string of the molecule is CCCC(F)(C(=O)O)c1ccc(F)c(C)c1. The zero-order chi connectivity index (χ0) is 12.3. The molecule has 0 amide bonds. The maximum atomic E-state index is 14.2. The third-order valence-electron chi connectivity index (χ3n) is 2.55. The summed E-state index contributed by atoms with van der Waals surface area (Å²) in [5, 5.41) is 8.91. The van der Waals surface area contributed by atoms with Crippen LogP contribution >= 0.6 is 0 Å². The fourth-order valence-corrected chi connectivity index (χ4v) is 1.61. The molecule has 16 heavy (non-hydrogen) atoms. The van der Waals surface area contributed by atoms with Gasteiger partial charge in [-0.2, -0.15) is 0 Å². The number of alkyl halides is 1. The summed E-state index contributed by atoms with van der Waals surface area (Å²) < 4.78 is 27.2. The van der Waals surface area contributed by atoms with Crippen LogP contribution in [-0.2, 0) is 10.5 Å². The van der Waals surface area contributed by atoms with Gasteiger partial charge in [-0.25, -0.2) is 13.6 Å². The van der Waals surface area contributed by atoms with E-state index in [9.17, 15) is 13.6 Å². The minimum atomic E-state index is -2.42. The molecule has 0 spiro atoms. The van der Waals surface area contributed by atoms with Crippen molar-refractivity contribution < 1.29 is 18.7 Å². The summed E-state index contributed by atoms with van der Waals surface area (Å²) >= 11 is 0. The maximum Gasteiger partial charge on any atom is 0.346 e. The highest BCUT2D eigenvalue weighted by molar-refractivity contribution is 5.79. The van der Waals surface area contributed by atoms with E-state index in [1.54, 1.807) is 6.92 Å². The average molecular weight is 228 g/mol. The van der Waals surface area contributed by atoms with Crippen LogP contribution in [0.2, 0.25) is 0 Å². The lowest BCUT2D eigenvalue weighted by atomic mass is 9.90. The summed E-state index contributed by atoms with van der Waals surface area (Å²) in [5.41, 5.74) is -2.18. The second kappa shape index (κ2) is 4.60. The Morgan fingerprint density at radius 3 is 2.56 bits per heavy atom. The molecule has 0 heterocycles. The van der Waals surface area contributed by atoms with Gasteiger partial charge in [0, 0.05) is 5.56 Å². The molecule has 0 saturated carbocycles. The first-order chi connectivity index (χ1) is 7.41. The monoisotopic (exact) mass is 228 g/mol. The van der Waals surface area contributed by atoms with Gasteiger partial charge in [0.1, 0.15) is 5.82 Å². The number of rotatable bonds is 4. The van der Waals surface area contributed by atoms with E-state index < -0.39 is 17.5 Å². The number of aliphatic carboxylic acids is 1. The molecule has 0 saturated heterocycles. The molecule has 0 bridgehead atoms. The Balaban J connectivity index is 3.21. The van der Waals surface area contributed by atoms with Crippen molar-refractivity contribution in [3.05, 3.63) is 35.1 Å². The minimum absolute atomic E-state index is 0.000694. The summed E-state index contributed by atoms with van der Waals surface area (Å²) in [6, 6.07) is 3.53. The number of aryl methyl sites for hydroxylation is 1. The standard InChI is InChI=1S/C12H14F2O2/c1-3-6-12(14,11(15)16)9-4-5-10(13)8(2)7-9/h4-5,7H,3,6H2,1-2H3,(H,15,16). The van der Waals surface area contributed by atoms with Gasteiger partial charge in [0.05, 0.1) is 0 Å². The van der Waals surface area contributed by atoms with Gasteiger partial charge in [-0.1, -0.05) is 19.4 Å². The molecule has 0 radical (unpaired) electrons. The summed E-state index contributed by atoms with van der Waals surface area (Å²) in [7, 11) is 0. The van der Waals surface area contributed by atoms with Gasteiger partial charge in [-0.15, -0.1) is 0 Å². The predicted octanol–water partition coefficient (Wildman–Crippen LogP) is 3.18. The number of halogens is 2. The van der Waals surface area contributed by atoms with Crippen LogP contribution in [0.5, 0.6) is 0 Å². The first-order valence-corrected chi connectivity index (χ1v) is 5.10. The predicted molar refractivity (Wildman–Crippen MR) is 56.5 cm³/mol. The van der Waals surface area contributed by atoms with Crippen LogP contribution in [0.1, 0.15) is 30.9 Å². The number of hydrogen-bond donors (Lipinski definition) is 1. The molecule has 0 fully saturated rings. The largest absolute Gasteiger partial charge is 0.479 e. The van der Waals surface area contributed by atoms with Gasteiger partial charge in [0.2, 0.25) is 5.67 Å². The molecular formula is C12H14F2O2. The lowest BCUT2D eigenvalue weighted by Crippen LogP contribution is -2.30. The lowest BCUT2D eigenvalue weighted by molar-refractivity contribution is -0.152. The Labute approximate surface area is 92.9 Å². The normalized spacial score (nSPS) is 14.5. The molecule has 4 heteroatoms. The fraction of sp³-hybridized carbons (Fsp3) is 0.417. The molecule has 1 atom stereocenters. The van der Waals surface area contributed by atoms with Crippen LogP contribution in [0.25, 0.3) is 0 Å². The number of carbonyl (C=O) groups is 1. The average Bonchev–Trinajstić information content (AvgIpc) is 2.22. The molecular weight excluding hydrogens is 214 g/mol. The summed E-state index contributed by atoms with van der Waals surface area (Å²) in [6.45, 7) is 3.18. The van der Waals surface area contributed by atoms with E-state index >= 15 is 0 Å². The first kappa shape index (κ1) is 12.6. The van der Waals surface area contributed by atoms with E-state index in [1.807, 2.05) is 0 Å². The number of benzene rings is 1. The molecule has 0 aliphatic heterocycles. The van der Waals surface area contributed by atoms with Gasteiger partial charge in [0.15, 0.2) is 0 Å². The molecule has 2 nitrogen and oxygen atoms in total. The summed E-state index contributed by atoms with van der Waals surface area (Å²) in [5.74, 6) is -1.99. The van der Waals surface area contributed by atoms with Crippen molar-refractivity contribution in [1.29, 1.82) is 0 Å². The van der Waals surface area contributed by atoms with Crippen molar-refractivity contribution in [3.63, 3.8) is 0 Å². The zero-order valence-electron chi connectivity index (χ0n) is 9.26. The first-order valence-electron chi connectivity index (χ1n) is 5.10. The highest BCUT2D eigenvalue weighted by Crippen LogP contribution is 2.32. The Morgan fingerprint density at radius 2 is 2.12 bits per heavy atom. The van der Waals surface area contributed by atoms with Gasteiger partial charge >= 0.3 is 5.97 Å². The lowest BCUT2D eigenvalue weighted by Gasteiger charge is -2.20. The van der Waals surface area contributed by atoms with Crippen LogP contribution in [0.4, 0.5) is 8.78 Å². The molecule has 0 aliphatic carbocycles. The summed E-state index contributed by atoms with van der Waals surface area (Å²) in [6.07, 6.45) is 0.284. The van der Waals surface area contributed by atoms with E-state index in [0.717, 1.165) is 6.07 Å². The maximum absolute atomic E-state index is 14.2. The van der Waals surface area contributed by atoms with Crippen LogP contribution in [-0.4, -0.2) is 11.1 Å². The Hall–Kier alpha value is -1.45. The van der Waals surface area contributed by atoms with E-state index in [2.05, 4.69) is 0 Å². The Kier molecular flexibility index (Phi) is 3.62. The smallest absolute Gasteiger partial charge is 0.346 e. The van der Waals surface area contributed by atoms with E-state index in [1.165, 1.54) is 19.1 Å². The molecule has 0 aromatic heterocycles. The Bertz CT molecular complexity index is 404. The minimum Gasteiger partial charge on any atom is -0.479 e. The number of hydrogen-bond acceptors (Lipinski definition) is 1. The molecule has 1 aromatic rings. The molecule has 1 unspecified atom stereocenters. The van der Waals surface area contributed by atoms with Crippen LogP contribution in [0.3, 0.4) is 0 Å². The van der Waals surface area contributed by atoms with Crippen molar-refractivity contribution in [2.75, 3.05) is 0 Å². The molecule has 1 N–H and O–H groups in total. The number of carboxylic acid groups (broad SMARTS) is 1. The van der Waals surface area contributed by atoms with Crippen LogP contribution in [0, 0.1) is 12.7 Å². The van der Waals surface area contributed by atoms with Gasteiger partial charge in [0.25, 0.3) is 0 Å². The second-order valence-electron chi connectivity index (χ2n) is 3.82. The van der Waals surface area contributed by atoms with Crippen molar-refractivity contribution >= 4 is 5.97 Å². The topological polar surface area (TPSA) is 37.3 Å². The second-order valence-corrected chi connectivity index (χ2v) is 3.82. The van der Waals surface area contributed by atoms with Crippen molar-refractivity contribution in [2.45, 2.75) is 32.4 Å². The highest BCUT2D eigenvalue weighted by atomic mass is 19.1. The van der Waals surface area contributed by atoms with Crippen molar-refractivity contribution in [3.8, 4) is 0 Å². The number of carboxylic acids is 1. The molecule has 88 valence electrons. The van der Waals surface area contributed by atoms with Crippen LogP contribution < -0.4 is 0 Å². The summed E-state index contributed by atoms with van der Waals surface area (Å²) in [4.78, 5) is 10.9. The molecule has 1 aromatic carbocycles. The van der Waals surface area contributed by atoms with E-state index in [4.69, 9.17) is 5.11 Å². The highest BCUT2D eigenvalue weighted by Gasteiger charge is 2.39. The molecule has 1 rings (SSSR count). The van der Waals surface area contributed by atoms with Crippen LogP contribution in [0.15, 0.2) is 18.2 Å². The third-order valence-corrected chi connectivity index (χ3v) is 2.55. The van der Waals surface area contributed by atoms with E-state index in [-0.39, 0.29) is 17.5 Å². The quantitative estimate of drug-likeness (QED) is 0.859. The fourth-order valence-electron chi connectivity index (χ4n) is 1.61. The van der Waals surface area contributed by atoms with E-state index in [0.29, 0.717) is 6.42 Å².